The van der Waals surface area contributed by atoms with Crippen molar-refractivity contribution >= 4 is 17.3 Å². The van der Waals surface area contributed by atoms with Crippen LogP contribution in [0.2, 0.25) is 0 Å². The van der Waals surface area contributed by atoms with E-state index in [1.165, 1.54) is 37.3 Å². The van der Waals surface area contributed by atoms with Gasteiger partial charge in [-0.15, -0.1) is 0 Å². The number of carbonyl (C=O) groups is 1. The molecule has 1 aliphatic carbocycles. The maximum atomic E-state index is 12.6. The molecule has 7 nitrogen and oxygen atoms in total. The SMILES string of the molecule is COc1ccc([N+](=O)[O-])cc1NC(=O)[C@H](C)Oc1cccc2c1CCCC2. The van der Waals surface area contributed by atoms with Crippen LogP contribution < -0.4 is 14.8 Å². The Hall–Kier alpha value is -3.09. The summed E-state index contributed by atoms with van der Waals surface area (Å²) < 4.78 is 11.1. The average molecular weight is 370 g/mol. The Balaban J connectivity index is 1.75. The topological polar surface area (TPSA) is 90.7 Å². The fourth-order valence-electron chi connectivity index (χ4n) is 3.24. The van der Waals surface area contributed by atoms with Crippen molar-refractivity contribution in [2.24, 2.45) is 0 Å². The van der Waals surface area contributed by atoms with Crippen molar-refractivity contribution in [1.29, 1.82) is 0 Å². The summed E-state index contributed by atoms with van der Waals surface area (Å²) in [4.78, 5) is 23.0. The molecule has 0 heterocycles. The van der Waals surface area contributed by atoms with Gasteiger partial charge in [0.05, 0.1) is 17.7 Å². The van der Waals surface area contributed by atoms with Crippen LogP contribution in [0.25, 0.3) is 0 Å². The number of non-ortho nitro benzene ring substituents is 1. The summed E-state index contributed by atoms with van der Waals surface area (Å²) in [5, 5.41) is 13.6. The molecule has 2 aromatic rings. The molecule has 0 aliphatic heterocycles. The predicted octanol–water partition coefficient (Wildman–Crippen LogP) is 3.89. The molecular formula is C20H22N2O5. The summed E-state index contributed by atoms with van der Waals surface area (Å²) in [7, 11) is 1.44. The molecule has 142 valence electrons. The lowest BCUT2D eigenvalue weighted by molar-refractivity contribution is -0.384. The molecule has 0 fully saturated rings. The lowest BCUT2D eigenvalue weighted by Gasteiger charge is -2.22. The second kappa shape index (κ2) is 8.07. The van der Waals surface area contributed by atoms with Crippen LogP contribution >= 0.6 is 0 Å². The van der Waals surface area contributed by atoms with Crippen molar-refractivity contribution in [2.75, 3.05) is 12.4 Å². The Morgan fingerprint density at radius 2 is 1.96 bits per heavy atom. The minimum atomic E-state index is -0.762. The Morgan fingerprint density at radius 3 is 2.70 bits per heavy atom. The number of amides is 1. The summed E-state index contributed by atoms with van der Waals surface area (Å²) in [6.45, 7) is 1.65. The number of hydrogen-bond donors (Lipinski definition) is 1. The molecule has 7 heteroatoms. The van der Waals surface area contributed by atoms with Gasteiger partial charge < -0.3 is 14.8 Å². The summed E-state index contributed by atoms with van der Waals surface area (Å²) >= 11 is 0. The highest BCUT2D eigenvalue weighted by molar-refractivity contribution is 5.95. The van der Waals surface area contributed by atoms with Crippen molar-refractivity contribution in [3.8, 4) is 11.5 Å². The molecule has 27 heavy (non-hydrogen) atoms. The molecule has 1 atom stereocenters. The van der Waals surface area contributed by atoms with E-state index >= 15 is 0 Å². The second-order valence-corrected chi connectivity index (χ2v) is 6.49. The Kier molecular flexibility index (Phi) is 5.59. The number of aryl methyl sites for hydroxylation is 1. The average Bonchev–Trinajstić information content (AvgIpc) is 2.68. The quantitative estimate of drug-likeness (QED) is 0.615. The van der Waals surface area contributed by atoms with Gasteiger partial charge in [-0.05, 0) is 55.9 Å². The summed E-state index contributed by atoms with van der Waals surface area (Å²) in [5.74, 6) is 0.668. The van der Waals surface area contributed by atoms with Crippen LogP contribution in [0.1, 0.15) is 30.9 Å². The molecule has 1 aliphatic rings. The summed E-state index contributed by atoms with van der Waals surface area (Å²) in [6, 6.07) is 9.96. The number of anilines is 1. The van der Waals surface area contributed by atoms with Gasteiger partial charge in [-0.2, -0.15) is 0 Å². The number of benzene rings is 2. The largest absolute Gasteiger partial charge is 0.495 e. The van der Waals surface area contributed by atoms with Gasteiger partial charge in [-0.1, -0.05) is 12.1 Å². The number of nitrogens with one attached hydrogen (secondary N) is 1. The van der Waals surface area contributed by atoms with E-state index in [4.69, 9.17) is 9.47 Å². The number of fused-ring (bicyclic) bond motifs is 1. The van der Waals surface area contributed by atoms with Gasteiger partial charge in [-0.25, -0.2) is 0 Å². The van der Waals surface area contributed by atoms with Gasteiger partial charge in [0.1, 0.15) is 11.5 Å². The van der Waals surface area contributed by atoms with Crippen molar-refractivity contribution in [2.45, 2.75) is 38.7 Å². The zero-order valence-corrected chi connectivity index (χ0v) is 15.4. The first-order chi connectivity index (χ1) is 13.0. The summed E-state index contributed by atoms with van der Waals surface area (Å²) in [5.41, 5.74) is 2.54. The molecule has 0 radical (unpaired) electrons. The summed E-state index contributed by atoms with van der Waals surface area (Å²) in [6.07, 6.45) is 3.48. The highest BCUT2D eigenvalue weighted by Crippen LogP contribution is 2.31. The van der Waals surface area contributed by atoms with Crippen LogP contribution in [0.4, 0.5) is 11.4 Å². The first kappa shape index (κ1) is 18.7. The van der Waals surface area contributed by atoms with Gasteiger partial charge in [0.15, 0.2) is 6.10 Å². The normalized spacial score (nSPS) is 14.0. The van der Waals surface area contributed by atoms with Crippen LogP contribution in [0.3, 0.4) is 0 Å². The van der Waals surface area contributed by atoms with Crippen LogP contribution in [0.5, 0.6) is 11.5 Å². The fraction of sp³-hybridized carbons (Fsp3) is 0.350. The lowest BCUT2D eigenvalue weighted by Crippen LogP contribution is -2.30. The van der Waals surface area contributed by atoms with Crippen LogP contribution in [0.15, 0.2) is 36.4 Å². The van der Waals surface area contributed by atoms with Gasteiger partial charge in [-0.3, -0.25) is 14.9 Å². The first-order valence-corrected chi connectivity index (χ1v) is 8.90. The standard InChI is InChI=1S/C20H22N2O5/c1-13(27-18-9-5-7-14-6-3-4-8-16(14)18)20(23)21-17-12-15(22(24)25)10-11-19(17)26-2/h5,7,9-13H,3-4,6,8H2,1-2H3,(H,21,23)/t13-/m0/s1. The van der Waals surface area contributed by atoms with E-state index in [1.807, 2.05) is 12.1 Å². The third kappa shape index (κ3) is 4.19. The minimum absolute atomic E-state index is 0.128. The number of rotatable bonds is 6. The van der Waals surface area contributed by atoms with E-state index < -0.39 is 16.9 Å². The van der Waals surface area contributed by atoms with Gasteiger partial charge in [0.25, 0.3) is 11.6 Å². The molecule has 1 amide bonds. The van der Waals surface area contributed by atoms with E-state index in [1.54, 1.807) is 6.92 Å². The molecule has 0 aromatic heterocycles. The Labute approximate surface area is 157 Å². The van der Waals surface area contributed by atoms with Crippen molar-refractivity contribution in [3.63, 3.8) is 0 Å². The molecule has 0 unspecified atom stereocenters. The van der Waals surface area contributed by atoms with Crippen molar-refractivity contribution < 1.29 is 19.2 Å². The van der Waals surface area contributed by atoms with E-state index in [9.17, 15) is 14.9 Å². The van der Waals surface area contributed by atoms with Gasteiger partial charge >= 0.3 is 0 Å². The molecule has 0 saturated heterocycles. The number of nitro benzene ring substituents is 1. The second-order valence-electron chi connectivity index (χ2n) is 6.49. The number of nitrogens with zero attached hydrogens (tertiary/aromatic N) is 1. The van der Waals surface area contributed by atoms with Crippen LogP contribution in [0, 0.1) is 10.1 Å². The van der Waals surface area contributed by atoms with Crippen LogP contribution in [-0.4, -0.2) is 24.0 Å². The molecule has 0 spiro atoms. The zero-order chi connectivity index (χ0) is 19.4. The number of carbonyl (C=O) groups excluding carboxylic acids is 1. The Bertz CT molecular complexity index is 865. The molecular weight excluding hydrogens is 348 g/mol. The number of hydrogen-bond acceptors (Lipinski definition) is 5. The smallest absolute Gasteiger partial charge is 0.271 e. The zero-order valence-electron chi connectivity index (χ0n) is 15.4. The monoisotopic (exact) mass is 370 g/mol. The lowest BCUT2D eigenvalue weighted by atomic mass is 9.91. The maximum Gasteiger partial charge on any atom is 0.271 e. The number of nitro groups is 1. The highest BCUT2D eigenvalue weighted by atomic mass is 16.6. The predicted molar refractivity (Wildman–Crippen MR) is 101 cm³/mol. The first-order valence-electron chi connectivity index (χ1n) is 8.90. The number of methoxy groups -OCH3 is 1. The fourth-order valence-corrected chi connectivity index (χ4v) is 3.24. The highest BCUT2D eigenvalue weighted by Gasteiger charge is 2.21. The van der Waals surface area contributed by atoms with Crippen LogP contribution in [-0.2, 0) is 17.6 Å². The molecule has 3 rings (SSSR count). The van der Waals surface area contributed by atoms with Gasteiger partial charge in [0, 0.05) is 12.1 Å². The van der Waals surface area contributed by atoms with E-state index in [2.05, 4.69) is 11.4 Å². The minimum Gasteiger partial charge on any atom is -0.495 e. The molecule has 0 saturated carbocycles. The molecule has 1 N–H and O–H groups in total. The third-order valence-electron chi connectivity index (χ3n) is 4.68. The third-order valence-corrected chi connectivity index (χ3v) is 4.68. The van der Waals surface area contributed by atoms with E-state index in [0.29, 0.717) is 5.75 Å². The van der Waals surface area contributed by atoms with Crippen molar-refractivity contribution in [1.82, 2.24) is 0 Å². The van der Waals surface area contributed by atoms with Crippen molar-refractivity contribution in [3.05, 3.63) is 57.6 Å². The van der Waals surface area contributed by atoms with Gasteiger partial charge in [0.2, 0.25) is 0 Å². The van der Waals surface area contributed by atoms with E-state index in [0.717, 1.165) is 30.6 Å². The van der Waals surface area contributed by atoms with E-state index in [-0.39, 0.29) is 11.4 Å². The number of ether oxygens (including phenoxy) is 2. The maximum absolute atomic E-state index is 12.6. The Morgan fingerprint density at radius 1 is 1.19 bits per heavy atom. The molecule has 0 bridgehead atoms. The molecule has 2 aromatic carbocycles.